The molecule has 0 bridgehead atoms. The lowest BCUT2D eigenvalue weighted by Crippen LogP contribution is -2.11. The van der Waals surface area contributed by atoms with Gasteiger partial charge in [0.2, 0.25) is 0 Å². The van der Waals surface area contributed by atoms with Gasteiger partial charge in [-0.2, -0.15) is 5.26 Å². The van der Waals surface area contributed by atoms with Crippen LogP contribution in [0.3, 0.4) is 0 Å². The van der Waals surface area contributed by atoms with Crippen LogP contribution < -0.4 is 4.90 Å². The van der Waals surface area contributed by atoms with Crippen molar-refractivity contribution in [3.63, 3.8) is 0 Å². The molecule has 0 saturated heterocycles. The van der Waals surface area contributed by atoms with E-state index in [0.29, 0.717) is 11.5 Å². The van der Waals surface area contributed by atoms with Crippen LogP contribution in [0.5, 0.6) is 0 Å². The normalized spacial score (nSPS) is 9.71. The van der Waals surface area contributed by atoms with E-state index >= 15 is 0 Å². The lowest BCUT2D eigenvalue weighted by molar-refractivity contribution is 0.628. The predicted octanol–water partition coefficient (Wildman–Crippen LogP) is 2.26. The SMILES string of the molecule is CN(c1cccc(F)c1)c1cc(C#N)ncn1. The van der Waals surface area contributed by atoms with E-state index in [2.05, 4.69) is 9.97 Å². The van der Waals surface area contributed by atoms with Gasteiger partial charge in [0.1, 0.15) is 29.7 Å². The molecule has 0 radical (unpaired) electrons. The second-order valence-electron chi connectivity index (χ2n) is 3.41. The van der Waals surface area contributed by atoms with Crippen molar-refractivity contribution in [1.82, 2.24) is 9.97 Å². The highest BCUT2D eigenvalue weighted by Crippen LogP contribution is 2.21. The molecule has 0 aliphatic rings. The summed E-state index contributed by atoms with van der Waals surface area (Å²) in [7, 11) is 1.75. The Morgan fingerprint density at radius 1 is 1.29 bits per heavy atom. The molecule has 0 fully saturated rings. The molecule has 0 unspecified atom stereocenters. The number of rotatable bonds is 2. The monoisotopic (exact) mass is 228 g/mol. The van der Waals surface area contributed by atoms with Gasteiger partial charge in [-0.3, -0.25) is 0 Å². The smallest absolute Gasteiger partial charge is 0.145 e. The minimum atomic E-state index is -0.316. The fourth-order valence-electron chi connectivity index (χ4n) is 1.41. The Kier molecular flexibility index (Phi) is 2.97. The van der Waals surface area contributed by atoms with Crippen molar-refractivity contribution in [2.24, 2.45) is 0 Å². The lowest BCUT2D eigenvalue weighted by atomic mass is 10.3. The van der Waals surface area contributed by atoms with Gasteiger partial charge in [-0.25, -0.2) is 14.4 Å². The Balaban J connectivity index is 2.37. The average molecular weight is 228 g/mol. The highest BCUT2D eigenvalue weighted by molar-refractivity contribution is 5.59. The summed E-state index contributed by atoms with van der Waals surface area (Å²) in [5, 5.41) is 8.74. The van der Waals surface area contributed by atoms with Crippen LogP contribution in [0, 0.1) is 17.1 Å². The molecule has 1 heterocycles. The van der Waals surface area contributed by atoms with Crippen molar-refractivity contribution >= 4 is 11.5 Å². The van der Waals surface area contributed by atoms with Crippen LogP contribution in [-0.2, 0) is 0 Å². The van der Waals surface area contributed by atoms with Gasteiger partial charge in [0.25, 0.3) is 0 Å². The zero-order valence-electron chi connectivity index (χ0n) is 9.13. The molecule has 0 aliphatic carbocycles. The number of benzene rings is 1. The predicted molar refractivity (Wildman–Crippen MR) is 61.2 cm³/mol. The summed E-state index contributed by atoms with van der Waals surface area (Å²) in [6, 6.07) is 9.63. The molecule has 0 saturated carbocycles. The van der Waals surface area contributed by atoms with Crippen LogP contribution >= 0.6 is 0 Å². The Bertz CT molecular complexity index is 577. The first-order valence-corrected chi connectivity index (χ1v) is 4.92. The van der Waals surface area contributed by atoms with E-state index in [-0.39, 0.29) is 11.5 Å². The molecule has 17 heavy (non-hydrogen) atoms. The second kappa shape index (κ2) is 4.58. The molecule has 0 N–H and O–H groups in total. The van der Waals surface area contributed by atoms with Crippen molar-refractivity contribution in [2.45, 2.75) is 0 Å². The fraction of sp³-hybridized carbons (Fsp3) is 0.0833. The number of nitrogens with zero attached hydrogens (tertiary/aromatic N) is 4. The van der Waals surface area contributed by atoms with E-state index < -0.39 is 0 Å². The van der Waals surface area contributed by atoms with E-state index in [1.807, 2.05) is 6.07 Å². The lowest BCUT2D eigenvalue weighted by Gasteiger charge is -2.17. The highest BCUT2D eigenvalue weighted by Gasteiger charge is 2.07. The summed E-state index contributed by atoms with van der Waals surface area (Å²) in [5.74, 6) is 0.228. The molecule has 1 aromatic carbocycles. The molecular formula is C12H9FN4. The molecule has 84 valence electrons. The van der Waals surface area contributed by atoms with Gasteiger partial charge in [-0.1, -0.05) is 6.07 Å². The minimum Gasteiger partial charge on any atom is -0.329 e. The van der Waals surface area contributed by atoms with E-state index in [4.69, 9.17) is 5.26 Å². The van der Waals surface area contributed by atoms with Crippen LogP contribution in [0.2, 0.25) is 0 Å². The summed E-state index contributed by atoms with van der Waals surface area (Å²) in [4.78, 5) is 9.50. The third kappa shape index (κ3) is 2.37. The van der Waals surface area contributed by atoms with Gasteiger partial charge in [0.15, 0.2) is 0 Å². The number of hydrogen-bond acceptors (Lipinski definition) is 4. The van der Waals surface area contributed by atoms with Crippen LogP contribution in [0.1, 0.15) is 5.69 Å². The maximum atomic E-state index is 13.1. The largest absolute Gasteiger partial charge is 0.329 e. The topological polar surface area (TPSA) is 52.8 Å². The maximum Gasteiger partial charge on any atom is 0.145 e. The average Bonchev–Trinajstić information content (AvgIpc) is 2.38. The van der Waals surface area contributed by atoms with Crippen LogP contribution in [0.4, 0.5) is 15.9 Å². The Labute approximate surface area is 98.0 Å². The number of halogens is 1. The highest BCUT2D eigenvalue weighted by atomic mass is 19.1. The van der Waals surface area contributed by atoms with Crippen LogP contribution in [-0.4, -0.2) is 17.0 Å². The van der Waals surface area contributed by atoms with Crippen molar-refractivity contribution < 1.29 is 4.39 Å². The van der Waals surface area contributed by atoms with Crippen molar-refractivity contribution in [3.05, 3.63) is 48.2 Å². The minimum absolute atomic E-state index is 0.276. The fourth-order valence-corrected chi connectivity index (χ4v) is 1.41. The second-order valence-corrected chi connectivity index (χ2v) is 3.41. The summed E-state index contributed by atoms with van der Waals surface area (Å²) in [5.41, 5.74) is 0.936. The van der Waals surface area contributed by atoms with Crippen molar-refractivity contribution in [3.8, 4) is 6.07 Å². The molecule has 5 heteroatoms. The quantitative estimate of drug-likeness (QED) is 0.791. The maximum absolute atomic E-state index is 13.1. The Hall–Kier alpha value is -2.48. The Morgan fingerprint density at radius 2 is 2.12 bits per heavy atom. The van der Waals surface area contributed by atoms with E-state index in [1.54, 1.807) is 30.1 Å². The van der Waals surface area contributed by atoms with Gasteiger partial charge >= 0.3 is 0 Å². The number of anilines is 2. The third-order valence-corrected chi connectivity index (χ3v) is 2.31. The molecule has 2 aromatic rings. The summed E-state index contributed by atoms with van der Waals surface area (Å²) in [6.07, 6.45) is 1.31. The van der Waals surface area contributed by atoms with Gasteiger partial charge in [0.05, 0.1) is 0 Å². The van der Waals surface area contributed by atoms with Crippen LogP contribution in [0.15, 0.2) is 36.7 Å². The molecule has 1 aromatic heterocycles. The van der Waals surface area contributed by atoms with E-state index in [0.717, 1.165) is 0 Å². The molecule has 0 atom stereocenters. The summed E-state index contributed by atoms with van der Waals surface area (Å²) < 4.78 is 13.1. The first-order valence-electron chi connectivity index (χ1n) is 4.92. The molecule has 4 nitrogen and oxygen atoms in total. The van der Waals surface area contributed by atoms with Crippen LogP contribution in [0.25, 0.3) is 0 Å². The van der Waals surface area contributed by atoms with E-state index in [9.17, 15) is 4.39 Å². The molecule has 2 rings (SSSR count). The first kappa shape index (κ1) is 11.0. The third-order valence-electron chi connectivity index (χ3n) is 2.31. The van der Waals surface area contributed by atoms with Gasteiger partial charge in [-0.15, -0.1) is 0 Å². The zero-order valence-corrected chi connectivity index (χ0v) is 9.13. The Morgan fingerprint density at radius 3 is 2.82 bits per heavy atom. The standard InChI is InChI=1S/C12H9FN4/c1-17(11-4-2-3-9(13)5-11)12-6-10(7-14)15-8-16-12/h2-6,8H,1H3. The van der Waals surface area contributed by atoms with Gasteiger partial charge in [-0.05, 0) is 18.2 Å². The van der Waals surface area contributed by atoms with Crippen molar-refractivity contribution in [2.75, 3.05) is 11.9 Å². The summed E-state index contributed by atoms with van der Waals surface area (Å²) in [6.45, 7) is 0. The number of aromatic nitrogens is 2. The molecule has 0 aliphatic heterocycles. The molecule has 0 amide bonds. The number of hydrogen-bond donors (Lipinski definition) is 0. The van der Waals surface area contributed by atoms with Gasteiger partial charge < -0.3 is 4.90 Å². The van der Waals surface area contributed by atoms with Gasteiger partial charge in [0, 0.05) is 18.8 Å². The molecular weight excluding hydrogens is 219 g/mol. The first-order chi connectivity index (χ1) is 8.20. The zero-order chi connectivity index (χ0) is 12.3. The van der Waals surface area contributed by atoms with Crippen molar-refractivity contribution in [1.29, 1.82) is 5.26 Å². The van der Waals surface area contributed by atoms with E-state index in [1.165, 1.54) is 18.5 Å². The molecule has 0 spiro atoms. The summed E-state index contributed by atoms with van der Waals surface area (Å²) >= 11 is 0. The number of nitriles is 1.